The highest BCUT2D eigenvalue weighted by molar-refractivity contribution is 5.99. The summed E-state index contributed by atoms with van der Waals surface area (Å²) in [5.41, 5.74) is 1.42. The van der Waals surface area contributed by atoms with Gasteiger partial charge in [0.1, 0.15) is 0 Å². The molecule has 1 saturated carbocycles. The Morgan fingerprint density at radius 2 is 1.59 bits per heavy atom. The van der Waals surface area contributed by atoms with Crippen LogP contribution in [0.25, 0.3) is 0 Å². The van der Waals surface area contributed by atoms with E-state index in [0.717, 1.165) is 44.3 Å². The van der Waals surface area contributed by atoms with E-state index in [9.17, 15) is 14.4 Å². The maximum absolute atomic E-state index is 12.9. The molecule has 3 fully saturated rings. The molecule has 0 unspecified atom stereocenters. The van der Waals surface area contributed by atoms with Crippen molar-refractivity contribution in [2.24, 2.45) is 5.92 Å². The summed E-state index contributed by atoms with van der Waals surface area (Å²) in [5.74, 6) is 0.575. The number of nitrogens with zero attached hydrogens (tertiary/aromatic N) is 3. The summed E-state index contributed by atoms with van der Waals surface area (Å²) in [6.45, 7) is 3.10. The van der Waals surface area contributed by atoms with Crippen LogP contribution in [-0.2, 0) is 9.59 Å². The monoisotopic (exact) mass is 369 g/mol. The normalized spacial score (nSPS) is 21.2. The first-order valence-corrected chi connectivity index (χ1v) is 10.1. The standard InChI is InChI=1S/C21H27N3O3/c25-19-9-4-10-24(19)18-8-3-7-17(15-18)21(27)23-13-11-22(12-14-23)20(26)16-5-1-2-6-16/h3,7-8,15-16H,1-2,4-6,9-14H2. The number of carbonyl (C=O) groups is 3. The average molecular weight is 369 g/mol. The van der Waals surface area contributed by atoms with Gasteiger partial charge in [-0.25, -0.2) is 0 Å². The summed E-state index contributed by atoms with van der Waals surface area (Å²) in [6.07, 6.45) is 5.79. The first kappa shape index (κ1) is 18.0. The SMILES string of the molecule is O=C(c1cccc(N2CCCC2=O)c1)N1CCN(C(=O)C2CCCC2)CC1. The van der Waals surface area contributed by atoms with Crippen LogP contribution >= 0.6 is 0 Å². The van der Waals surface area contributed by atoms with Crippen molar-refractivity contribution >= 4 is 23.4 Å². The van der Waals surface area contributed by atoms with E-state index in [1.54, 1.807) is 4.90 Å². The van der Waals surface area contributed by atoms with Crippen molar-refractivity contribution < 1.29 is 14.4 Å². The fraction of sp³-hybridized carbons (Fsp3) is 0.571. The molecule has 3 aliphatic rings. The molecule has 4 rings (SSSR count). The van der Waals surface area contributed by atoms with Crippen LogP contribution in [0.15, 0.2) is 24.3 Å². The van der Waals surface area contributed by atoms with E-state index < -0.39 is 0 Å². The Labute approximate surface area is 160 Å². The molecule has 144 valence electrons. The third-order valence-corrected chi connectivity index (χ3v) is 6.06. The molecule has 0 atom stereocenters. The molecule has 0 spiro atoms. The molecule has 3 amide bonds. The van der Waals surface area contributed by atoms with Crippen molar-refractivity contribution in [3.63, 3.8) is 0 Å². The molecule has 2 saturated heterocycles. The van der Waals surface area contributed by atoms with Gasteiger partial charge in [-0.2, -0.15) is 0 Å². The van der Waals surface area contributed by atoms with Gasteiger partial charge in [0.05, 0.1) is 0 Å². The van der Waals surface area contributed by atoms with Crippen molar-refractivity contribution in [1.82, 2.24) is 9.80 Å². The van der Waals surface area contributed by atoms with Gasteiger partial charge in [0.25, 0.3) is 5.91 Å². The van der Waals surface area contributed by atoms with Crippen molar-refractivity contribution in [3.8, 4) is 0 Å². The van der Waals surface area contributed by atoms with Gasteiger partial charge in [-0.3, -0.25) is 14.4 Å². The van der Waals surface area contributed by atoms with Crippen LogP contribution in [0.3, 0.4) is 0 Å². The van der Waals surface area contributed by atoms with Gasteiger partial charge in [-0.1, -0.05) is 18.9 Å². The minimum Gasteiger partial charge on any atom is -0.339 e. The van der Waals surface area contributed by atoms with Crippen molar-refractivity contribution in [2.45, 2.75) is 38.5 Å². The van der Waals surface area contributed by atoms with E-state index >= 15 is 0 Å². The molecule has 1 aromatic rings. The van der Waals surface area contributed by atoms with Crippen LogP contribution in [-0.4, -0.2) is 60.2 Å². The fourth-order valence-electron chi connectivity index (χ4n) is 4.47. The highest BCUT2D eigenvalue weighted by atomic mass is 16.2. The second kappa shape index (κ2) is 7.71. The number of rotatable bonds is 3. The van der Waals surface area contributed by atoms with Crippen molar-refractivity contribution in [3.05, 3.63) is 29.8 Å². The summed E-state index contributed by atoms with van der Waals surface area (Å²) in [5, 5.41) is 0. The Morgan fingerprint density at radius 3 is 2.26 bits per heavy atom. The third kappa shape index (κ3) is 3.70. The van der Waals surface area contributed by atoms with Gasteiger partial charge in [0.2, 0.25) is 11.8 Å². The summed E-state index contributed by atoms with van der Waals surface area (Å²) in [4.78, 5) is 42.9. The van der Waals surface area contributed by atoms with E-state index in [1.807, 2.05) is 34.1 Å². The van der Waals surface area contributed by atoms with Crippen LogP contribution in [0.2, 0.25) is 0 Å². The van der Waals surface area contributed by atoms with Crippen LogP contribution < -0.4 is 4.90 Å². The zero-order valence-corrected chi connectivity index (χ0v) is 15.7. The maximum atomic E-state index is 12.9. The molecule has 0 N–H and O–H groups in total. The van der Waals surface area contributed by atoms with Crippen LogP contribution in [0.1, 0.15) is 48.9 Å². The Balaban J connectivity index is 1.38. The van der Waals surface area contributed by atoms with E-state index in [1.165, 1.54) is 0 Å². The van der Waals surface area contributed by atoms with Gasteiger partial charge in [0.15, 0.2) is 0 Å². The first-order valence-electron chi connectivity index (χ1n) is 10.1. The van der Waals surface area contributed by atoms with Gasteiger partial charge in [0, 0.05) is 56.3 Å². The topological polar surface area (TPSA) is 60.9 Å². The van der Waals surface area contributed by atoms with Gasteiger partial charge < -0.3 is 14.7 Å². The second-order valence-corrected chi connectivity index (χ2v) is 7.80. The van der Waals surface area contributed by atoms with Gasteiger partial charge in [-0.05, 0) is 37.5 Å². The number of hydrogen-bond donors (Lipinski definition) is 0. The molecular formula is C21H27N3O3. The summed E-state index contributed by atoms with van der Waals surface area (Å²) >= 11 is 0. The zero-order valence-electron chi connectivity index (χ0n) is 15.7. The lowest BCUT2D eigenvalue weighted by atomic mass is 10.1. The van der Waals surface area contributed by atoms with E-state index in [-0.39, 0.29) is 23.6 Å². The predicted octanol–water partition coefficient (Wildman–Crippen LogP) is 2.29. The number of anilines is 1. The lowest BCUT2D eigenvalue weighted by Gasteiger charge is -2.36. The molecule has 1 aliphatic carbocycles. The Hall–Kier alpha value is -2.37. The third-order valence-electron chi connectivity index (χ3n) is 6.06. The number of carbonyl (C=O) groups excluding carboxylic acids is 3. The largest absolute Gasteiger partial charge is 0.339 e. The zero-order chi connectivity index (χ0) is 18.8. The molecule has 27 heavy (non-hydrogen) atoms. The smallest absolute Gasteiger partial charge is 0.254 e. The minimum absolute atomic E-state index is 0.0172. The molecule has 1 aromatic carbocycles. The maximum Gasteiger partial charge on any atom is 0.254 e. The molecule has 2 aliphatic heterocycles. The molecule has 2 heterocycles. The average Bonchev–Trinajstić information content (AvgIpc) is 3.39. The number of hydrogen-bond acceptors (Lipinski definition) is 3. The van der Waals surface area contributed by atoms with Crippen molar-refractivity contribution in [2.75, 3.05) is 37.6 Å². The quantitative estimate of drug-likeness (QED) is 0.821. The molecule has 0 radical (unpaired) electrons. The summed E-state index contributed by atoms with van der Waals surface area (Å²) < 4.78 is 0. The number of amides is 3. The van der Waals surface area contributed by atoms with Gasteiger partial charge >= 0.3 is 0 Å². The van der Waals surface area contributed by atoms with Crippen molar-refractivity contribution in [1.29, 1.82) is 0 Å². The molecule has 0 bridgehead atoms. The lowest BCUT2D eigenvalue weighted by molar-refractivity contribution is -0.136. The number of piperazine rings is 1. The second-order valence-electron chi connectivity index (χ2n) is 7.80. The Bertz CT molecular complexity index is 734. The first-order chi connectivity index (χ1) is 13.1. The molecule has 6 nitrogen and oxygen atoms in total. The fourth-order valence-corrected chi connectivity index (χ4v) is 4.47. The summed E-state index contributed by atoms with van der Waals surface area (Å²) in [6, 6.07) is 7.36. The molecular weight excluding hydrogens is 342 g/mol. The Kier molecular flexibility index (Phi) is 5.14. The van der Waals surface area contributed by atoms with Crippen LogP contribution in [0.5, 0.6) is 0 Å². The summed E-state index contributed by atoms with van der Waals surface area (Å²) in [7, 11) is 0. The molecule has 0 aromatic heterocycles. The highest BCUT2D eigenvalue weighted by Gasteiger charge is 2.31. The van der Waals surface area contributed by atoms with E-state index in [0.29, 0.717) is 38.2 Å². The van der Waals surface area contributed by atoms with Gasteiger partial charge in [-0.15, -0.1) is 0 Å². The van der Waals surface area contributed by atoms with Crippen LogP contribution in [0, 0.1) is 5.92 Å². The van der Waals surface area contributed by atoms with Crippen LogP contribution in [0.4, 0.5) is 5.69 Å². The van der Waals surface area contributed by atoms with E-state index in [4.69, 9.17) is 0 Å². The predicted molar refractivity (Wildman–Crippen MR) is 102 cm³/mol. The number of benzene rings is 1. The molecule has 6 heteroatoms. The minimum atomic E-state index is -0.0172. The van der Waals surface area contributed by atoms with E-state index in [2.05, 4.69) is 0 Å². The highest BCUT2D eigenvalue weighted by Crippen LogP contribution is 2.27. The Morgan fingerprint density at radius 1 is 0.889 bits per heavy atom. The lowest BCUT2D eigenvalue weighted by Crippen LogP contribution is -2.51.